The number of para-hydroxylation sites is 2. The Bertz CT molecular complexity index is 1570. The van der Waals surface area contributed by atoms with Crippen molar-refractivity contribution in [3.8, 4) is 11.1 Å². The molecule has 0 atom stereocenters. The zero-order valence-electron chi connectivity index (χ0n) is 24.2. The molecular weight excluding hydrogens is 486 g/mol. The largest absolute Gasteiger partial charge is 0.359 e. The van der Waals surface area contributed by atoms with Crippen molar-refractivity contribution >= 4 is 27.8 Å². The van der Waals surface area contributed by atoms with E-state index in [1.165, 1.54) is 33.0 Å². The fourth-order valence-corrected chi connectivity index (χ4v) is 6.78. The highest BCUT2D eigenvalue weighted by Gasteiger charge is 2.49. The van der Waals surface area contributed by atoms with Crippen LogP contribution in [0.4, 0.5) is 17.1 Å². The maximum absolute atomic E-state index is 7.05. The number of anilines is 3. The summed E-state index contributed by atoms with van der Waals surface area (Å²) in [6, 6.07) is 41.9. The number of ether oxygens (including phenoxy) is 1. The molecule has 40 heavy (non-hydrogen) atoms. The topological polar surface area (TPSA) is 12.5 Å². The Morgan fingerprint density at radius 3 is 1.68 bits per heavy atom. The smallest absolute Gasteiger partial charge is 0.0942 e. The predicted octanol–water partition coefficient (Wildman–Crippen LogP) is 11.0. The summed E-state index contributed by atoms with van der Waals surface area (Å²) in [5.74, 6) is 0. The van der Waals surface area contributed by atoms with Crippen LogP contribution < -0.4 is 4.90 Å². The Morgan fingerprint density at radius 2 is 1.07 bits per heavy atom. The van der Waals surface area contributed by atoms with Crippen molar-refractivity contribution in [2.75, 3.05) is 4.90 Å². The van der Waals surface area contributed by atoms with Gasteiger partial charge in [0.2, 0.25) is 0 Å². The average Bonchev–Trinajstić information content (AvgIpc) is 3.32. The lowest BCUT2D eigenvalue weighted by Crippen LogP contribution is -2.31. The zero-order valence-corrected chi connectivity index (χ0v) is 24.2. The average molecular weight is 526 g/mol. The van der Waals surface area contributed by atoms with E-state index in [-0.39, 0.29) is 11.2 Å². The van der Waals surface area contributed by atoms with E-state index in [9.17, 15) is 0 Å². The van der Waals surface area contributed by atoms with Gasteiger partial charge in [0.25, 0.3) is 0 Å². The molecule has 202 valence electrons. The van der Waals surface area contributed by atoms with Gasteiger partial charge in [-0.05, 0) is 101 Å². The lowest BCUT2D eigenvalue weighted by atomic mass is 9.81. The molecule has 0 aliphatic carbocycles. The summed E-state index contributed by atoms with van der Waals surface area (Å²) in [6.07, 6.45) is 3.91. The minimum atomic E-state index is -0.245. The van der Waals surface area contributed by atoms with Crippen LogP contribution in [0, 0.1) is 0 Å². The Kier molecular flexibility index (Phi) is 6.98. The molecule has 1 heterocycles. The van der Waals surface area contributed by atoms with E-state index in [1.54, 1.807) is 0 Å². The van der Waals surface area contributed by atoms with Crippen molar-refractivity contribution < 1.29 is 4.74 Å². The second kappa shape index (κ2) is 10.6. The van der Waals surface area contributed by atoms with E-state index in [1.807, 2.05) is 0 Å². The van der Waals surface area contributed by atoms with E-state index in [0.29, 0.717) is 0 Å². The van der Waals surface area contributed by atoms with Gasteiger partial charge in [-0.1, -0.05) is 100 Å². The van der Waals surface area contributed by atoms with Crippen LogP contribution in [-0.4, -0.2) is 0 Å². The first kappa shape index (κ1) is 26.3. The maximum Gasteiger partial charge on any atom is 0.0942 e. The standard InChI is InChI=1S/C38H39NO/c1-5-37(6-2)35-24-23-29(26-36(35)38(7-3,8-4)40-37)34-27-32(25-28-17-15-16-22-33(28)34)39(30-18-11-9-12-19-30)31-20-13-10-14-21-31/h9-27H,5-8H2,1-4H3. The second-order valence-electron chi connectivity index (χ2n) is 11.0. The summed E-state index contributed by atoms with van der Waals surface area (Å²) in [5.41, 5.74) is 8.22. The molecule has 0 saturated heterocycles. The van der Waals surface area contributed by atoms with Crippen LogP contribution in [0.15, 0.2) is 115 Å². The zero-order chi connectivity index (χ0) is 27.7. The Morgan fingerprint density at radius 1 is 0.525 bits per heavy atom. The second-order valence-corrected chi connectivity index (χ2v) is 11.0. The van der Waals surface area contributed by atoms with Crippen molar-refractivity contribution in [2.24, 2.45) is 0 Å². The first-order valence-corrected chi connectivity index (χ1v) is 14.9. The number of fused-ring (bicyclic) bond motifs is 2. The van der Waals surface area contributed by atoms with Crippen LogP contribution >= 0.6 is 0 Å². The fraction of sp³-hybridized carbons (Fsp3) is 0.263. The lowest BCUT2D eigenvalue weighted by Gasteiger charge is -2.34. The lowest BCUT2D eigenvalue weighted by molar-refractivity contribution is -0.151. The summed E-state index contributed by atoms with van der Waals surface area (Å²) in [6.45, 7) is 9.08. The first-order valence-electron chi connectivity index (χ1n) is 14.9. The molecule has 0 aromatic heterocycles. The minimum absolute atomic E-state index is 0.207. The summed E-state index contributed by atoms with van der Waals surface area (Å²) in [7, 11) is 0. The van der Waals surface area contributed by atoms with Gasteiger partial charge < -0.3 is 9.64 Å². The van der Waals surface area contributed by atoms with Crippen LogP contribution in [-0.2, 0) is 15.9 Å². The predicted molar refractivity (Wildman–Crippen MR) is 170 cm³/mol. The Labute approximate surface area is 239 Å². The molecule has 6 rings (SSSR count). The van der Waals surface area contributed by atoms with Gasteiger partial charge in [-0.25, -0.2) is 0 Å². The molecule has 2 heteroatoms. The highest BCUT2D eigenvalue weighted by molar-refractivity contribution is 6.01. The molecule has 1 aliphatic heterocycles. The molecule has 0 bridgehead atoms. The Balaban J connectivity index is 1.59. The fourth-order valence-electron chi connectivity index (χ4n) is 6.78. The molecule has 0 amide bonds. The van der Waals surface area contributed by atoms with Crippen LogP contribution in [0.2, 0.25) is 0 Å². The third-order valence-corrected chi connectivity index (χ3v) is 9.12. The summed E-state index contributed by atoms with van der Waals surface area (Å²) in [5, 5.41) is 2.50. The first-order chi connectivity index (χ1) is 19.6. The summed E-state index contributed by atoms with van der Waals surface area (Å²) >= 11 is 0. The van der Waals surface area contributed by atoms with E-state index >= 15 is 0 Å². The van der Waals surface area contributed by atoms with Crippen molar-refractivity contribution in [1.29, 1.82) is 0 Å². The van der Waals surface area contributed by atoms with Crippen LogP contribution in [0.5, 0.6) is 0 Å². The molecular formula is C38H39NO. The molecule has 0 N–H and O–H groups in total. The van der Waals surface area contributed by atoms with Crippen LogP contribution in [0.25, 0.3) is 21.9 Å². The normalized spacial score (nSPS) is 15.2. The van der Waals surface area contributed by atoms with E-state index < -0.39 is 0 Å². The van der Waals surface area contributed by atoms with Gasteiger partial charge in [0.05, 0.1) is 11.2 Å². The molecule has 0 unspecified atom stereocenters. The van der Waals surface area contributed by atoms with Gasteiger partial charge in [0, 0.05) is 17.1 Å². The molecule has 0 radical (unpaired) electrons. The van der Waals surface area contributed by atoms with Crippen molar-refractivity contribution in [3.63, 3.8) is 0 Å². The number of hydrogen-bond donors (Lipinski definition) is 0. The van der Waals surface area contributed by atoms with Crippen LogP contribution in [0.1, 0.15) is 64.5 Å². The molecule has 5 aromatic carbocycles. The third kappa shape index (κ3) is 4.22. The SMILES string of the molecule is CCC1(CC)OC(CC)(CC)c2cc(-c3cc(N(c4ccccc4)c4ccccc4)cc4ccccc34)ccc21. The van der Waals surface area contributed by atoms with E-state index in [0.717, 1.165) is 42.7 Å². The minimum Gasteiger partial charge on any atom is -0.359 e. The summed E-state index contributed by atoms with van der Waals surface area (Å²) in [4.78, 5) is 2.36. The maximum atomic E-state index is 7.05. The van der Waals surface area contributed by atoms with Crippen LogP contribution in [0.3, 0.4) is 0 Å². The van der Waals surface area contributed by atoms with Gasteiger partial charge in [0.1, 0.15) is 0 Å². The van der Waals surface area contributed by atoms with Crippen molar-refractivity contribution in [1.82, 2.24) is 0 Å². The van der Waals surface area contributed by atoms with Gasteiger partial charge in [-0.2, -0.15) is 0 Å². The van der Waals surface area contributed by atoms with E-state index in [4.69, 9.17) is 4.74 Å². The monoisotopic (exact) mass is 525 g/mol. The molecule has 0 fully saturated rings. The quantitative estimate of drug-likeness (QED) is 0.200. The Hall–Kier alpha value is -3.88. The number of nitrogens with zero attached hydrogens (tertiary/aromatic N) is 1. The van der Waals surface area contributed by atoms with Gasteiger partial charge in [-0.3, -0.25) is 0 Å². The summed E-state index contributed by atoms with van der Waals surface area (Å²) < 4.78 is 7.05. The van der Waals surface area contributed by atoms with Crippen molar-refractivity contribution in [2.45, 2.75) is 64.6 Å². The molecule has 1 aliphatic rings. The molecule has 2 nitrogen and oxygen atoms in total. The highest BCUT2D eigenvalue weighted by atomic mass is 16.5. The van der Waals surface area contributed by atoms with Crippen molar-refractivity contribution in [3.05, 3.63) is 126 Å². The number of hydrogen-bond acceptors (Lipinski definition) is 2. The molecule has 5 aromatic rings. The van der Waals surface area contributed by atoms with Gasteiger partial charge in [0.15, 0.2) is 0 Å². The molecule has 0 spiro atoms. The number of benzene rings is 5. The van der Waals surface area contributed by atoms with Gasteiger partial charge in [-0.15, -0.1) is 0 Å². The van der Waals surface area contributed by atoms with E-state index in [2.05, 4.69) is 148 Å². The molecule has 0 saturated carbocycles. The highest BCUT2D eigenvalue weighted by Crippen LogP contribution is 2.54. The third-order valence-electron chi connectivity index (χ3n) is 9.12. The number of rotatable bonds is 8. The van der Waals surface area contributed by atoms with Gasteiger partial charge >= 0.3 is 0 Å².